The Kier molecular flexibility index (Phi) is 6.46. The summed E-state index contributed by atoms with van der Waals surface area (Å²) < 4.78 is 23.4. The molecule has 0 aromatic heterocycles. The largest absolute Gasteiger partial charge is 0.397 e. The van der Waals surface area contributed by atoms with Crippen LogP contribution < -0.4 is 10.6 Å². The van der Waals surface area contributed by atoms with Gasteiger partial charge >= 0.3 is 0 Å². The molecule has 0 spiro atoms. The average molecular weight is 256 g/mol. The number of hydrogen-bond donors (Lipinski definition) is 1. The van der Waals surface area contributed by atoms with Gasteiger partial charge in [-0.05, 0) is 24.6 Å². The van der Waals surface area contributed by atoms with E-state index in [1.54, 1.807) is 20.3 Å². The molecule has 0 aliphatic carbocycles. The van der Waals surface area contributed by atoms with Gasteiger partial charge in [0.2, 0.25) is 0 Å². The lowest BCUT2D eigenvalue weighted by atomic mass is 10.2. The number of rotatable bonds is 8. The highest BCUT2D eigenvalue weighted by molar-refractivity contribution is 5.67. The summed E-state index contributed by atoms with van der Waals surface area (Å²) >= 11 is 0. The van der Waals surface area contributed by atoms with Gasteiger partial charge in [0.05, 0.1) is 18.0 Å². The lowest BCUT2D eigenvalue weighted by Gasteiger charge is -2.25. The average Bonchev–Trinajstić information content (AvgIpc) is 2.37. The van der Waals surface area contributed by atoms with Gasteiger partial charge in [0.15, 0.2) is 0 Å². The lowest BCUT2D eigenvalue weighted by Crippen LogP contribution is -2.29. The molecule has 2 N–H and O–H groups in total. The minimum Gasteiger partial charge on any atom is -0.397 e. The molecule has 0 saturated heterocycles. The molecule has 0 heterocycles. The van der Waals surface area contributed by atoms with E-state index >= 15 is 0 Å². The highest BCUT2D eigenvalue weighted by atomic mass is 19.1. The molecule has 18 heavy (non-hydrogen) atoms. The van der Waals surface area contributed by atoms with E-state index in [2.05, 4.69) is 0 Å². The number of nitrogen functional groups attached to an aromatic ring is 1. The maximum absolute atomic E-state index is 13.3. The third-order valence-corrected chi connectivity index (χ3v) is 2.67. The zero-order valence-electron chi connectivity index (χ0n) is 11.0. The van der Waals surface area contributed by atoms with Crippen LogP contribution in [0.25, 0.3) is 0 Å². The number of anilines is 2. The van der Waals surface area contributed by atoms with Crippen molar-refractivity contribution in [2.75, 3.05) is 51.2 Å². The molecule has 5 heteroatoms. The Bertz CT molecular complexity index is 361. The highest BCUT2D eigenvalue weighted by Crippen LogP contribution is 2.24. The van der Waals surface area contributed by atoms with Gasteiger partial charge in [-0.2, -0.15) is 0 Å². The Morgan fingerprint density at radius 1 is 1.17 bits per heavy atom. The van der Waals surface area contributed by atoms with Crippen LogP contribution in [-0.2, 0) is 9.47 Å². The van der Waals surface area contributed by atoms with Crippen molar-refractivity contribution in [1.82, 2.24) is 0 Å². The second kappa shape index (κ2) is 7.89. The Morgan fingerprint density at radius 2 is 1.89 bits per heavy atom. The van der Waals surface area contributed by atoms with Crippen molar-refractivity contribution in [3.8, 4) is 0 Å². The molecule has 0 radical (unpaired) electrons. The van der Waals surface area contributed by atoms with Crippen molar-refractivity contribution in [2.24, 2.45) is 0 Å². The molecule has 0 saturated carbocycles. The summed E-state index contributed by atoms with van der Waals surface area (Å²) in [7, 11) is 3.30. The first-order chi connectivity index (χ1) is 8.69. The van der Waals surface area contributed by atoms with Crippen LogP contribution in [0.1, 0.15) is 6.42 Å². The van der Waals surface area contributed by atoms with Gasteiger partial charge in [-0.15, -0.1) is 0 Å². The van der Waals surface area contributed by atoms with Crippen LogP contribution in [0.15, 0.2) is 18.2 Å². The number of nitrogens with two attached hydrogens (primary N) is 1. The SMILES string of the molecule is COCCCN(CCOC)c1cc(F)ccc1N. The summed E-state index contributed by atoms with van der Waals surface area (Å²) in [6, 6.07) is 4.40. The number of methoxy groups -OCH3 is 2. The second-order valence-corrected chi connectivity index (χ2v) is 4.03. The Morgan fingerprint density at radius 3 is 2.56 bits per heavy atom. The van der Waals surface area contributed by atoms with Gasteiger partial charge in [0.25, 0.3) is 0 Å². The van der Waals surface area contributed by atoms with Gasteiger partial charge in [0.1, 0.15) is 5.82 Å². The molecule has 0 unspecified atom stereocenters. The molecular formula is C13H21FN2O2. The molecule has 4 nitrogen and oxygen atoms in total. The molecular weight excluding hydrogens is 235 g/mol. The normalized spacial score (nSPS) is 10.6. The smallest absolute Gasteiger partial charge is 0.125 e. The van der Waals surface area contributed by atoms with Crippen molar-refractivity contribution in [3.63, 3.8) is 0 Å². The minimum absolute atomic E-state index is 0.284. The number of benzene rings is 1. The van der Waals surface area contributed by atoms with Crippen molar-refractivity contribution in [3.05, 3.63) is 24.0 Å². The van der Waals surface area contributed by atoms with E-state index in [4.69, 9.17) is 15.2 Å². The van der Waals surface area contributed by atoms with E-state index in [1.807, 2.05) is 4.90 Å². The van der Waals surface area contributed by atoms with Gasteiger partial charge < -0.3 is 20.1 Å². The van der Waals surface area contributed by atoms with Crippen molar-refractivity contribution in [2.45, 2.75) is 6.42 Å². The van der Waals surface area contributed by atoms with E-state index in [1.165, 1.54) is 12.1 Å². The maximum Gasteiger partial charge on any atom is 0.125 e. The first-order valence-electron chi connectivity index (χ1n) is 5.97. The first kappa shape index (κ1) is 14.7. The predicted molar refractivity (Wildman–Crippen MR) is 71.4 cm³/mol. The highest BCUT2D eigenvalue weighted by Gasteiger charge is 2.10. The summed E-state index contributed by atoms with van der Waals surface area (Å²) in [6.45, 7) is 2.67. The first-order valence-corrected chi connectivity index (χ1v) is 5.97. The van der Waals surface area contributed by atoms with Crippen molar-refractivity contribution in [1.29, 1.82) is 0 Å². The summed E-state index contributed by atoms with van der Waals surface area (Å²) in [4.78, 5) is 2.01. The third kappa shape index (κ3) is 4.50. The van der Waals surface area contributed by atoms with E-state index < -0.39 is 0 Å². The molecule has 1 aromatic rings. The molecule has 0 amide bonds. The number of halogens is 1. The van der Waals surface area contributed by atoms with Crippen LogP contribution in [-0.4, -0.2) is 40.5 Å². The topological polar surface area (TPSA) is 47.7 Å². The summed E-state index contributed by atoms with van der Waals surface area (Å²) in [6.07, 6.45) is 0.857. The number of nitrogens with zero attached hydrogens (tertiary/aromatic N) is 1. The standard InChI is InChI=1S/C13H21FN2O2/c1-17-8-3-6-16(7-9-18-2)13-10-11(14)4-5-12(13)15/h4-5,10H,3,6-9,15H2,1-2H3. The third-order valence-electron chi connectivity index (χ3n) is 2.67. The fourth-order valence-corrected chi connectivity index (χ4v) is 1.74. The van der Waals surface area contributed by atoms with Crippen LogP contribution >= 0.6 is 0 Å². The zero-order valence-corrected chi connectivity index (χ0v) is 11.0. The fourth-order valence-electron chi connectivity index (χ4n) is 1.74. The number of hydrogen-bond acceptors (Lipinski definition) is 4. The Balaban J connectivity index is 2.75. The van der Waals surface area contributed by atoms with E-state index in [0.717, 1.165) is 13.0 Å². The Hall–Kier alpha value is -1.33. The molecule has 0 fully saturated rings. The molecule has 0 atom stereocenters. The maximum atomic E-state index is 13.3. The second-order valence-electron chi connectivity index (χ2n) is 4.03. The number of ether oxygens (including phenoxy) is 2. The zero-order chi connectivity index (χ0) is 13.4. The van der Waals surface area contributed by atoms with Crippen LogP contribution in [0.4, 0.5) is 15.8 Å². The van der Waals surface area contributed by atoms with E-state index in [0.29, 0.717) is 31.1 Å². The van der Waals surface area contributed by atoms with Crippen LogP contribution in [0, 0.1) is 5.82 Å². The summed E-state index contributed by atoms with van der Waals surface area (Å²) in [5.74, 6) is -0.284. The molecule has 1 aromatic carbocycles. The van der Waals surface area contributed by atoms with E-state index in [9.17, 15) is 4.39 Å². The lowest BCUT2D eigenvalue weighted by molar-refractivity contribution is 0.191. The monoisotopic (exact) mass is 256 g/mol. The quantitative estimate of drug-likeness (QED) is 0.570. The molecule has 0 aliphatic rings. The minimum atomic E-state index is -0.284. The Labute approximate surface area is 107 Å². The van der Waals surface area contributed by atoms with Crippen LogP contribution in [0.5, 0.6) is 0 Å². The van der Waals surface area contributed by atoms with Crippen molar-refractivity contribution >= 4 is 11.4 Å². The molecule has 0 bridgehead atoms. The van der Waals surface area contributed by atoms with Crippen molar-refractivity contribution < 1.29 is 13.9 Å². The van der Waals surface area contributed by atoms with Gasteiger partial charge in [-0.25, -0.2) is 4.39 Å². The van der Waals surface area contributed by atoms with Crippen LogP contribution in [0.2, 0.25) is 0 Å². The van der Waals surface area contributed by atoms with Gasteiger partial charge in [-0.1, -0.05) is 0 Å². The predicted octanol–water partition coefficient (Wildman–Crippen LogP) is 1.90. The van der Waals surface area contributed by atoms with Crippen LogP contribution in [0.3, 0.4) is 0 Å². The van der Waals surface area contributed by atoms with Gasteiger partial charge in [0, 0.05) is 33.9 Å². The van der Waals surface area contributed by atoms with Gasteiger partial charge in [-0.3, -0.25) is 0 Å². The molecule has 0 aliphatic heterocycles. The fraction of sp³-hybridized carbons (Fsp3) is 0.538. The summed E-state index contributed by atoms with van der Waals surface area (Å²) in [5, 5.41) is 0. The molecule has 1 rings (SSSR count). The van der Waals surface area contributed by atoms with E-state index in [-0.39, 0.29) is 5.82 Å². The molecule has 102 valence electrons. The summed E-state index contributed by atoms with van der Waals surface area (Å²) in [5.41, 5.74) is 7.17.